The second kappa shape index (κ2) is 14.3. The van der Waals surface area contributed by atoms with Gasteiger partial charge < -0.3 is 9.32 Å². The van der Waals surface area contributed by atoms with Gasteiger partial charge in [0, 0.05) is 39.2 Å². The number of anilines is 3. The van der Waals surface area contributed by atoms with Crippen molar-refractivity contribution in [2.75, 3.05) is 4.90 Å². The van der Waals surface area contributed by atoms with Crippen LogP contribution >= 0.6 is 0 Å². The van der Waals surface area contributed by atoms with Crippen LogP contribution in [0.4, 0.5) is 17.1 Å². The van der Waals surface area contributed by atoms with E-state index in [2.05, 4.69) is 223 Å². The number of para-hydroxylation sites is 2. The highest BCUT2D eigenvalue weighted by molar-refractivity contribution is 6.14. The highest BCUT2D eigenvalue weighted by Crippen LogP contribution is 2.48. The van der Waals surface area contributed by atoms with Crippen LogP contribution in [-0.4, -0.2) is 0 Å². The van der Waals surface area contributed by atoms with E-state index >= 15 is 0 Å². The van der Waals surface area contributed by atoms with Gasteiger partial charge in [-0.05, 0) is 98.2 Å². The van der Waals surface area contributed by atoms with Gasteiger partial charge in [0.2, 0.25) is 0 Å². The van der Waals surface area contributed by atoms with E-state index in [1.54, 1.807) is 0 Å². The highest BCUT2D eigenvalue weighted by Gasteiger charge is 2.25. The van der Waals surface area contributed by atoms with Gasteiger partial charge in [-0.15, -0.1) is 0 Å². The predicted molar refractivity (Wildman–Crippen MR) is 245 cm³/mol. The number of benzene rings is 9. The zero-order valence-corrected chi connectivity index (χ0v) is 31.9. The molecule has 1 unspecified atom stereocenters. The van der Waals surface area contributed by atoms with Gasteiger partial charge in [-0.3, -0.25) is 0 Å². The van der Waals surface area contributed by atoms with E-state index in [0.717, 1.165) is 56.5 Å². The zero-order valence-electron chi connectivity index (χ0n) is 31.9. The van der Waals surface area contributed by atoms with Gasteiger partial charge in [0.1, 0.15) is 11.2 Å². The number of nitrogens with zero attached hydrogens (tertiary/aromatic N) is 1. The molecule has 1 aromatic heterocycles. The van der Waals surface area contributed by atoms with Crippen molar-refractivity contribution in [3.63, 3.8) is 0 Å². The van der Waals surface area contributed by atoms with Crippen molar-refractivity contribution >= 4 is 60.5 Å². The fourth-order valence-corrected chi connectivity index (χ4v) is 8.97. The summed E-state index contributed by atoms with van der Waals surface area (Å²) in [5, 5.41) is 7.10. The monoisotopic (exact) mass is 741 g/mol. The SMILES string of the molecule is C1=CCC(c2cc(-c3ccccc3)ccc2N(c2cccc(-c3cccc4ccccc34)c2)c2ccccc2-c2cccc3c2oc2cc4ccccc4cc23)C=C1. The summed E-state index contributed by atoms with van der Waals surface area (Å²) in [5.74, 6) is 0.201. The molecule has 0 fully saturated rings. The number of furan rings is 1. The number of hydrogen-bond donors (Lipinski definition) is 0. The molecule has 0 saturated carbocycles. The minimum absolute atomic E-state index is 0.201. The van der Waals surface area contributed by atoms with Crippen molar-refractivity contribution in [1.29, 1.82) is 0 Å². The molecular weight excluding hydrogens is 703 g/mol. The van der Waals surface area contributed by atoms with Crippen LogP contribution in [0.15, 0.2) is 223 Å². The molecule has 2 nitrogen and oxygen atoms in total. The van der Waals surface area contributed by atoms with Gasteiger partial charge >= 0.3 is 0 Å². The van der Waals surface area contributed by atoms with Crippen LogP contribution in [-0.2, 0) is 0 Å². The molecule has 1 heterocycles. The lowest BCUT2D eigenvalue weighted by Gasteiger charge is -2.32. The average Bonchev–Trinajstić information content (AvgIpc) is 3.66. The summed E-state index contributed by atoms with van der Waals surface area (Å²) in [6, 6.07) is 70.4. The van der Waals surface area contributed by atoms with Crippen LogP contribution in [0.2, 0.25) is 0 Å². The van der Waals surface area contributed by atoms with E-state index in [0.29, 0.717) is 0 Å². The molecular formula is C56H39NO. The summed E-state index contributed by atoms with van der Waals surface area (Å²) in [4.78, 5) is 2.48. The summed E-state index contributed by atoms with van der Waals surface area (Å²) >= 11 is 0. The molecule has 9 aromatic carbocycles. The molecule has 0 radical (unpaired) electrons. The predicted octanol–water partition coefficient (Wildman–Crippen LogP) is 16.0. The van der Waals surface area contributed by atoms with Crippen molar-refractivity contribution in [3.05, 3.63) is 224 Å². The lowest BCUT2D eigenvalue weighted by Crippen LogP contribution is -2.15. The van der Waals surface area contributed by atoms with Crippen LogP contribution in [0.1, 0.15) is 17.9 Å². The van der Waals surface area contributed by atoms with E-state index < -0.39 is 0 Å². The average molecular weight is 742 g/mol. The second-order valence-electron chi connectivity index (χ2n) is 15.2. The Labute approximate surface area is 338 Å². The topological polar surface area (TPSA) is 16.4 Å². The third-order valence-electron chi connectivity index (χ3n) is 11.8. The molecule has 1 aliphatic rings. The van der Waals surface area contributed by atoms with Crippen molar-refractivity contribution in [3.8, 4) is 33.4 Å². The third-order valence-corrected chi connectivity index (χ3v) is 11.8. The minimum Gasteiger partial charge on any atom is -0.455 e. The molecule has 11 rings (SSSR count). The van der Waals surface area contributed by atoms with Crippen molar-refractivity contribution in [2.45, 2.75) is 12.3 Å². The van der Waals surface area contributed by atoms with Crippen LogP contribution in [0.25, 0.3) is 76.9 Å². The molecule has 0 aliphatic heterocycles. The molecule has 58 heavy (non-hydrogen) atoms. The number of rotatable bonds is 7. The first kappa shape index (κ1) is 33.9. The second-order valence-corrected chi connectivity index (χ2v) is 15.2. The maximum Gasteiger partial charge on any atom is 0.143 e. The molecule has 274 valence electrons. The first-order chi connectivity index (χ1) is 28.8. The van der Waals surface area contributed by atoms with Crippen LogP contribution in [0.3, 0.4) is 0 Å². The molecule has 0 spiro atoms. The fourth-order valence-electron chi connectivity index (χ4n) is 8.97. The first-order valence-electron chi connectivity index (χ1n) is 20.1. The molecule has 0 amide bonds. The van der Waals surface area contributed by atoms with Crippen molar-refractivity contribution < 1.29 is 4.42 Å². The van der Waals surface area contributed by atoms with Gasteiger partial charge in [-0.25, -0.2) is 0 Å². The molecule has 2 heteroatoms. The van der Waals surface area contributed by atoms with E-state index in [1.807, 2.05) is 0 Å². The van der Waals surface area contributed by atoms with Gasteiger partial charge in [0.15, 0.2) is 0 Å². The minimum atomic E-state index is 0.201. The number of hydrogen-bond acceptors (Lipinski definition) is 2. The van der Waals surface area contributed by atoms with Gasteiger partial charge in [-0.2, -0.15) is 0 Å². The Morgan fingerprint density at radius 1 is 0.431 bits per heavy atom. The van der Waals surface area contributed by atoms with Gasteiger partial charge in [0.25, 0.3) is 0 Å². The molecule has 0 bridgehead atoms. The molecule has 1 atom stereocenters. The Balaban J connectivity index is 1.17. The van der Waals surface area contributed by atoms with E-state index in [-0.39, 0.29) is 5.92 Å². The van der Waals surface area contributed by atoms with Crippen LogP contribution < -0.4 is 4.90 Å². The Morgan fingerprint density at radius 2 is 1.12 bits per heavy atom. The first-order valence-corrected chi connectivity index (χ1v) is 20.1. The summed E-state index contributed by atoms with van der Waals surface area (Å²) < 4.78 is 6.86. The van der Waals surface area contributed by atoms with Crippen LogP contribution in [0.5, 0.6) is 0 Å². The van der Waals surface area contributed by atoms with Gasteiger partial charge in [0.05, 0.1) is 5.69 Å². The molecule has 0 N–H and O–H groups in total. The lowest BCUT2D eigenvalue weighted by atomic mass is 9.88. The number of allylic oxidation sites excluding steroid dienone is 4. The van der Waals surface area contributed by atoms with E-state index in [1.165, 1.54) is 49.4 Å². The smallest absolute Gasteiger partial charge is 0.143 e. The van der Waals surface area contributed by atoms with Crippen LogP contribution in [0, 0.1) is 0 Å². The largest absolute Gasteiger partial charge is 0.455 e. The Hall–Kier alpha value is -7.42. The summed E-state index contributed by atoms with van der Waals surface area (Å²) in [6.07, 6.45) is 9.92. The third kappa shape index (κ3) is 5.90. The zero-order chi connectivity index (χ0) is 38.4. The molecule has 1 aliphatic carbocycles. The maximum atomic E-state index is 6.86. The van der Waals surface area contributed by atoms with E-state index in [9.17, 15) is 0 Å². The summed E-state index contributed by atoms with van der Waals surface area (Å²) in [7, 11) is 0. The quantitative estimate of drug-likeness (QED) is 0.162. The van der Waals surface area contributed by atoms with Crippen molar-refractivity contribution in [1.82, 2.24) is 0 Å². The van der Waals surface area contributed by atoms with Crippen molar-refractivity contribution in [2.24, 2.45) is 0 Å². The Bertz CT molecular complexity index is 3220. The summed E-state index contributed by atoms with van der Waals surface area (Å²) in [6.45, 7) is 0. The lowest BCUT2D eigenvalue weighted by molar-refractivity contribution is 0.670. The molecule has 0 saturated heterocycles. The highest BCUT2D eigenvalue weighted by atomic mass is 16.3. The normalized spacial score (nSPS) is 13.8. The Kier molecular flexibility index (Phi) is 8.33. The van der Waals surface area contributed by atoms with Gasteiger partial charge in [-0.1, -0.05) is 176 Å². The molecule has 10 aromatic rings. The Morgan fingerprint density at radius 3 is 2.00 bits per heavy atom. The maximum absolute atomic E-state index is 6.86. The summed E-state index contributed by atoms with van der Waals surface area (Å²) in [5.41, 5.74) is 13.4. The van der Waals surface area contributed by atoms with E-state index in [4.69, 9.17) is 4.42 Å². The standard InChI is InChI=1S/C56H39NO/c1-3-16-38(17-4-1)43-32-33-54(51(35-43)40-18-5-2-6-19-40)57(45-25-13-24-44(34-45)47-28-14-23-39-20-9-10-26-46(39)47)53-31-12-11-27-48(53)49-29-15-30-50-52-36-41-21-7-8-22-42(41)37-55(52)58-56(49)50/h1-18,20-37,40H,19H2. The number of fused-ring (bicyclic) bond motifs is 5. The fraction of sp³-hybridized carbons (Fsp3) is 0.0357.